The van der Waals surface area contributed by atoms with Gasteiger partial charge in [0.1, 0.15) is 0 Å². The zero-order valence-corrected chi connectivity index (χ0v) is 13.2. The quantitative estimate of drug-likeness (QED) is 0.778. The number of hydrogen-bond acceptors (Lipinski definition) is 5. The van der Waals surface area contributed by atoms with Gasteiger partial charge in [0, 0.05) is 5.56 Å². The lowest BCUT2D eigenvalue weighted by Crippen LogP contribution is -2.15. The van der Waals surface area contributed by atoms with Crippen LogP contribution in [0.1, 0.15) is 11.1 Å². The molecule has 0 spiro atoms. The highest BCUT2D eigenvalue weighted by molar-refractivity contribution is 7.91. The Balaban J connectivity index is 1.75. The van der Waals surface area contributed by atoms with Crippen LogP contribution in [0.4, 0.5) is 6.01 Å². The predicted octanol–water partition coefficient (Wildman–Crippen LogP) is 2.99. The third-order valence-corrected chi connectivity index (χ3v) is 4.33. The van der Waals surface area contributed by atoms with Crippen LogP contribution in [0.2, 0.25) is 0 Å². The summed E-state index contributed by atoms with van der Waals surface area (Å²) in [5, 5.41) is 7.58. The summed E-state index contributed by atoms with van der Waals surface area (Å²) in [6, 6.07) is 16.3. The summed E-state index contributed by atoms with van der Waals surface area (Å²) in [5.41, 5.74) is 2.42. The molecule has 1 N–H and O–H groups in total. The topological polar surface area (TPSA) is 85.1 Å². The van der Waals surface area contributed by atoms with Crippen molar-refractivity contribution in [3.63, 3.8) is 0 Å². The second kappa shape index (κ2) is 6.21. The third-order valence-electron chi connectivity index (χ3n) is 3.13. The second-order valence-electron chi connectivity index (χ2n) is 5.13. The first-order valence-corrected chi connectivity index (χ1v) is 8.62. The van der Waals surface area contributed by atoms with Crippen molar-refractivity contribution in [2.75, 3.05) is 4.72 Å². The van der Waals surface area contributed by atoms with Crippen LogP contribution >= 0.6 is 0 Å². The van der Waals surface area contributed by atoms with Crippen molar-refractivity contribution >= 4 is 16.0 Å². The van der Waals surface area contributed by atoms with E-state index in [1.54, 1.807) is 18.2 Å². The molecule has 0 aliphatic rings. The summed E-state index contributed by atoms with van der Waals surface area (Å²) in [5.74, 6) is 0.108. The highest BCUT2D eigenvalue weighted by Crippen LogP contribution is 2.20. The van der Waals surface area contributed by atoms with E-state index in [2.05, 4.69) is 14.9 Å². The first-order chi connectivity index (χ1) is 11.0. The minimum absolute atomic E-state index is 0.142. The molecule has 0 bridgehead atoms. The molecule has 3 aromatic rings. The Labute approximate surface area is 134 Å². The van der Waals surface area contributed by atoms with Gasteiger partial charge in [-0.05, 0) is 24.6 Å². The minimum atomic E-state index is -3.62. The summed E-state index contributed by atoms with van der Waals surface area (Å²) >= 11 is 0. The average Bonchev–Trinajstić information content (AvgIpc) is 2.95. The molecule has 0 unspecified atom stereocenters. The number of sulfonamides is 1. The Hall–Kier alpha value is -2.67. The molecule has 0 atom stereocenters. The van der Waals surface area contributed by atoms with Crippen LogP contribution in [0.5, 0.6) is 0 Å². The van der Waals surface area contributed by atoms with Gasteiger partial charge in [0.15, 0.2) is 0 Å². The Kier molecular flexibility index (Phi) is 4.12. The molecule has 2 aromatic carbocycles. The largest absolute Gasteiger partial charge is 0.403 e. The number of benzene rings is 2. The molecule has 6 nitrogen and oxygen atoms in total. The zero-order valence-electron chi connectivity index (χ0n) is 12.4. The maximum absolute atomic E-state index is 12.2. The van der Waals surface area contributed by atoms with E-state index >= 15 is 0 Å². The van der Waals surface area contributed by atoms with Gasteiger partial charge in [0.05, 0.1) is 5.75 Å². The van der Waals surface area contributed by atoms with E-state index in [0.29, 0.717) is 5.56 Å². The molecule has 23 heavy (non-hydrogen) atoms. The molecule has 7 heteroatoms. The van der Waals surface area contributed by atoms with Crippen molar-refractivity contribution in [2.45, 2.75) is 12.7 Å². The number of hydrogen-bond donors (Lipinski definition) is 1. The zero-order chi connectivity index (χ0) is 16.3. The second-order valence-corrected chi connectivity index (χ2v) is 6.85. The average molecular weight is 329 g/mol. The summed E-state index contributed by atoms with van der Waals surface area (Å²) in [4.78, 5) is 0. The molecule has 118 valence electrons. The van der Waals surface area contributed by atoms with E-state index in [1.165, 1.54) is 0 Å². The van der Waals surface area contributed by atoms with Crippen LogP contribution in [0, 0.1) is 6.92 Å². The molecule has 1 aromatic heterocycles. The van der Waals surface area contributed by atoms with E-state index in [-0.39, 0.29) is 17.7 Å². The lowest BCUT2D eigenvalue weighted by molar-refractivity contribution is 0.577. The molecule has 1 heterocycles. The minimum Gasteiger partial charge on any atom is -0.403 e. The third kappa shape index (κ3) is 3.95. The SMILES string of the molecule is Cc1cccc(CS(=O)(=O)Nc2nnc(-c3ccccc3)o2)c1. The Morgan fingerprint density at radius 1 is 1.04 bits per heavy atom. The van der Waals surface area contributed by atoms with Crippen molar-refractivity contribution in [3.8, 4) is 11.5 Å². The van der Waals surface area contributed by atoms with E-state index in [4.69, 9.17) is 4.42 Å². The molecule has 0 aliphatic heterocycles. The van der Waals surface area contributed by atoms with Crippen molar-refractivity contribution in [1.82, 2.24) is 10.2 Å². The van der Waals surface area contributed by atoms with Crippen LogP contribution < -0.4 is 4.72 Å². The summed E-state index contributed by atoms with van der Waals surface area (Å²) in [7, 11) is -3.62. The van der Waals surface area contributed by atoms with Crippen LogP contribution in [0.15, 0.2) is 59.0 Å². The smallest absolute Gasteiger partial charge is 0.329 e. The molecule has 0 saturated carbocycles. The van der Waals surface area contributed by atoms with E-state index < -0.39 is 10.0 Å². The first kappa shape index (κ1) is 15.2. The van der Waals surface area contributed by atoms with Gasteiger partial charge in [-0.25, -0.2) is 13.1 Å². The normalized spacial score (nSPS) is 11.3. The van der Waals surface area contributed by atoms with Gasteiger partial charge in [0.25, 0.3) is 0 Å². The van der Waals surface area contributed by atoms with Crippen LogP contribution in [0.3, 0.4) is 0 Å². The van der Waals surface area contributed by atoms with Crippen molar-refractivity contribution in [1.29, 1.82) is 0 Å². The van der Waals surface area contributed by atoms with E-state index in [9.17, 15) is 8.42 Å². The molecule has 0 saturated heterocycles. The maximum atomic E-state index is 12.2. The summed E-state index contributed by atoms with van der Waals surface area (Å²) in [6.07, 6.45) is 0. The molecule has 0 fully saturated rings. The van der Waals surface area contributed by atoms with Crippen LogP contribution in [-0.4, -0.2) is 18.6 Å². The van der Waals surface area contributed by atoms with E-state index in [0.717, 1.165) is 11.1 Å². The number of rotatable bonds is 5. The Bertz CT molecular complexity index is 905. The lowest BCUT2D eigenvalue weighted by Gasteiger charge is -2.04. The monoisotopic (exact) mass is 329 g/mol. The van der Waals surface area contributed by atoms with Gasteiger partial charge in [-0.1, -0.05) is 53.1 Å². The number of nitrogens with one attached hydrogen (secondary N) is 1. The Morgan fingerprint density at radius 3 is 2.57 bits per heavy atom. The highest BCUT2D eigenvalue weighted by atomic mass is 32.2. The molecule has 0 radical (unpaired) electrons. The number of anilines is 1. The highest BCUT2D eigenvalue weighted by Gasteiger charge is 2.16. The van der Waals surface area contributed by atoms with Crippen LogP contribution in [-0.2, 0) is 15.8 Å². The fraction of sp³-hybridized carbons (Fsp3) is 0.125. The van der Waals surface area contributed by atoms with Crippen molar-refractivity contribution in [2.24, 2.45) is 0 Å². The summed E-state index contributed by atoms with van der Waals surface area (Å²) in [6.45, 7) is 1.91. The fourth-order valence-corrected chi connectivity index (χ4v) is 3.19. The molecular weight excluding hydrogens is 314 g/mol. The van der Waals surface area contributed by atoms with Gasteiger partial charge in [-0.15, -0.1) is 5.10 Å². The Morgan fingerprint density at radius 2 is 1.83 bits per heavy atom. The summed E-state index contributed by atoms with van der Waals surface area (Å²) < 4.78 is 32.0. The first-order valence-electron chi connectivity index (χ1n) is 6.97. The standard InChI is InChI=1S/C16H15N3O3S/c1-12-6-5-7-13(10-12)11-23(20,21)19-16-18-17-15(22-16)14-8-3-2-4-9-14/h2-10H,11H2,1H3,(H,18,19). The van der Waals surface area contributed by atoms with Gasteiger partial charge in [-0.2, -0.15) is 0 Å². The van der Waals surface area contributed by atoms with Gasteiger partial charge in [-0.3, -0.25) is 0 Å². The predicted molar refractivity (Wildman–Crippen MR) is 87.2 cm³/mol. The number of aryl methyl sites for hydroxylation is 1. The number of nitrogens with zero attached hydrogens (tertiary/aromatic N) is 2. The van der Waals surface area contributed by atoms with Gasteiger partial charge in [0.2, 0.25) is 15.9 Å². The van der Waals surface area contributed by atoms with Crippen LogP contribution in [0.25, 0.3) is 11.5 Å². The van der Waals surface area contributed by atoms with E-state index in [1.807, 2.05) is 43.3 Å². The fourth-order valence-electron chi connectivity index (χ4n) is 2.15. The maximum Gasteiger partial charge on any atom is 0.329 e. The lowest BCUT2D eigenvalue weighted by atomic mass is 10.2. The van der Waals surface area contributed by atoms with Crippen molar-refractivity contribution < 1.29 is 12.8 Å². The van der Waals surface area contributed by atoms with Gasteiger partial charge < -0.3 is 4.42 Å². The van der Waals surface area contributed by atoms with Gasteiger partial charge >= 0.3 is 6.01 Å². The number of aromatic nitrogens is 2. The molecular formula is C16H15N3O3S. The molecule has 3 rings (SSSR count). The van der Waals surface area contributed by atoms with Crippen molar-refractivity contribution in [3.05, 3.63) is 65.7 Å². The molecule has 0 aliphatic carbocycles. The molecule has 0 amide bonds.